The lowest BCUT2D eigenvalue weighted by atomic mass is 10.2. The largest absolute Gasteiger partial charge is 0.301 e. The van der Waals surface area contributed by atoms with E-state index in [2.05, 4.69) is 15.0 Å². The van der Waals surface area contributed by atoms with E-state index in [1.807, 2.05) is 10.8 Å². The lowest BCUT2D eigenvalue weighted by Crippen LogP contribution is -2.07. The molecule has 24 heavy (non-hydrogen) atoms. The summed E-state index contributed by atoms with van der Waals surface area (Å²) in [5.41, 5.74) is 1.68. The van der Waals surface area contributed by atoms with E-state index in [-0.39, 0.29) is 11.4 Å². The molecule has 0 aliphatic rings. The maximum absolute atomic E-state index is 13.0. The molecule has 0 bridgehead atoms. The number of nitrogens with zero attached hydrogens (tertiary/aromatic N) is 2. The molecule has 0 aliphatic heterocycles. The van der Waals surface area contributed by atoms with Gasteiger partial charge in [0.25, 0.3) is 5.56 Å². The monoisotopic (exact) mass is 375 g/mol. The highest BCUT2D eigenvalue weighted by molar-refractivity contribution is 7.98. The van der Waals surface area contributed by atoms with E-state index in [0.29, 0.717) is 16.3 Å². The zero-order valence-electron chi connectivity index (χ0n) is 12.2. The van der Waals surface area contributed by atoms with E-state index in [4.69, 9.17) is 0 Å². The number of aromatic nitrogens is 3. The van der Waals surface area contributed by atoms with Gasteiger partial charge < -0.3 is 4.98 Å². The van der Waals surface area contributed by atoms with Crippen LogP contribution in [0.1, 0.15) is 5.69 Å². The molecule has 0 aliphatic carbocycles. The molecule has 4 nitrogen and oxygen atoms in total. The molecule has 0 amide bonds. The smallest absolute Gasteiger partial charge is 0.260 e. The summed E-state index contributed by atoms with van der Waals surface area (Å²) in [5.74, 6) is 0.349. The molecule has 0 spiro atoms. The van der Waals surface area contributed by atoms with Gasteiger partial charge in [0.2, 0.25) is 0 Å². The summed E-state index contributed by atoms with van der Waals surface area (Å²) < 4.78 is 13.0. The lowest BCUT2D eigenvalue weighted by Gasteiger charge is -1.99. The Bertz CT molecular complexity index is 1050. The predicted molar refractivity (Wildman–Crippen MR) is 97.3 cm³/mol. The van der Waals surface area contributed by atoms with Crippen molar-refractivity contribution in [1.29, 1.82) is 0 Å². The highest BCUT2D eigenvalue weighted by atomic mass is 32.2. The van der Waals surface area contributed by atoms with Crippen LogP contribution in [-0.2, 0) is 5.75 Å². The van der Waals surface area contributed by atoms with Crippen molar-refractivity contribution < 1.29 is 4.39 Å². The zero-order chi connectivity index (χ0) is 16.5. The van der Waals surface area contributed by atoms with Crippen LogP contribution in [0.5, 0.6) is 0 Å². The molecule has 4 aromatic rings. The molecule has 0 fully saturated rings. The number of nitrogens with one attached hydrogen (secondary N) is 1. The second-order valence-electron chi connectivity index (χ2n) is 4.95. The van der Waals surface area contributed by atoms with Crippen LogP contribution in [0.2, 0.25) is 0 Å². The van der Waals surface area contributed by atoms with Gasteiger partial charge in [0, 0.05) is 16.7 Å². The van der Waals surface area contributed by atoms with Crippen LogP contribution in [-0.4, -0.2) is 15.0 Å². The number of aromatic amines is 1. The van der Waals surface area contributed by atoms with E-state index in [9.17, 15) is 9.18 Å². The van der Waals surface area contributed by atoms with Crippen LogP contribution in [0.15, 0.2) is 51.0 Å². The third kappa shape index (κ3) is 3.12. The highest BCUT2D eigenvalue weighted by Gasteiger charge is 2.08. The number of thiazole rings is 1. The van der Waals surface area contributed by atoms with Crippen LogP contribution in [0, 0.1) is 5.82 Å². The van der Waals surface area contributed by atoms with Crippen LogP contribution in [0.3, 0.4) is 0 Å². The molecular formula is C16H10FN3OS3. The second-order valence-corrected chi connectivity index (χ2v) is 7.67. The van der Waals surface area contributed by atoms with Gasteiger partial charge in [-0.1, -0.05) is 11.8 Å². The number of H-pyrrole nitrogens is 1. The minimum atomic E-state index is -0.259. The summed E-state index contributed by atoms with van der Waals surface area (Å²) in [4.78, 5) is 24.5. The number of rotatable bonds is 4. The molecule has 0 atom stereocenters. The van der Waals surface area contributed by atoms with Gasteiger partial charge in [-0.3, -0.25) is 4.79 Å². The van der Waals surface area contributed by atoms with E-state index >= 15 is 0 Å². The topological polar surface area (TPSA) is 58.6 Å². The first kappa shape index (κ1) is 15.5. The number of thioether (sulfide) groups is 1. The van der Waals surface area contributed by atoms with Gasteiger partial charge in [0.15, 0.2) is 5.16 Å². The van der Waals surface area contributed by atoms with Gasteiger partial charge >= 0.3 is 0 Å². The van der Waals surface area contributed by atoms with Crippen LogP contribution in [0.25, 0.3) is 20.8 Å². The van der Waals surface area contributed by atoms with Gasteiger partial charge in [-0.05, 0) is 35.7 Å². The number of thiophene rings is 1. The maximum atomic E-state index is 13.0. The Morgan fingerprint density at radius 1 is 1.12 bits per heavy atom. The van der Waals surface area contributed by atoms with E-state index in [1.165, 1.54) is 46.6 Å². The van der Waals surface area contributed by atoms with Gasteiger partial charge in [0.05, 0.1) is 11.1 Å². The average molecular weight is 375 g/mol. The van der Waals surface area contributed by atoms with Crippen molar-refractivity contribution >= 4 is 44.7 Å². The fraction of sp³-hybridized carbons (Fsp3) is 0.0625. The van der Waals surface area contributed by atoms with Crippen molar-refractivity contribution in [2.75, 3.05) is 0 Å². The normalized spacial score (nSPS) is 11.2. The fourth-order valence-electron chi connectivity index (χ4n) is 2.15. The SMILES string of the molecule is O=c1[nH]c(SCc2csc(-c3ccc(F)cc3)n2)nc2sccc12. The fourth-order valence-corrected chi connectivity index (χ4v) is 4.66. The van der Waals surface area contributed by atoms with Crippen molar-refractivity contribution in [3.8, 4) is 10.6 Å². The molecule has 1 N–H and O–H groups in total. The highest BCUT2D eigenvalue weighted by Crippen LogP contribution is 2.27. The number of fused-ring (bicyclic) bond motifs is 1. The van der Waals surface area contributed by atoms with E-state index in [1.54, 1.807) is 18.2 Å². The number of benzene rings is 1. The van der Waals surface area contributed by atoms with E-state index < -0.39 is 0 Å². The first-order chi connectivity index (χ1) is 11.7. The molecule has 0 radical (unpaired) electrons. The molecule has 0 saturated carbocycles. The van der Waals surface area contributed by atoms with Gasteiger partial charge in [0.1, 0.15) is 15.7 Å². The molecular weight excluding hydrogens is 365 g/mol. The summed E-state index contributed by atoms with van der Waals surface area (Å²) >= 11 is 4.41. The summed E-state index contributed by atoms with van der Waals surface area (Å²) in [6.45, 7) is 0. The maximum Gasteiger partial charge on any atom is 0.260 e. The Hall–Kier alpha value is -2.03. The molecule has 3 heterocycles. The number of hydrogen-bond donors (Lipinski definition) is 1. The predicted octanol–water partition coefficient (Wildman–Crippen LogP) is 4.54. The minimum absolute atomic E-state index is 0.117. The summed E-state index contributed by atoms with van der Waals surface area (Å²) in [6.07, 6.45) is 0. The minimum Gasteiger partial charge on any atom is -0.301 e. The average Bonchev–Trinajstić information content (AvgIpc) is 3.23. The van der Waals surface area contributed by atoms with Crippen molar-refractivity contribution in [1.82, 2.24) is 15.0 Å². The van der Waals surface area contributed by atoms with Crippen molar-refractivity contribution in [2.45, 2.75) is 10.9 Å². The summed E-state index contributed by atoms with van der Waals surface area (Å²) in [5, 5.41) is 5.88. The molecule has 120 valence electrons. The number of hydrogen-bond acceptors (Lipinski definition) is 6. The molecule has 0 saturated heterocycles. The molecule has 1 aromatic carbocycles. The molecule has 8 heteroatoms. The van der Waals surface area contributed by atoms with Crippen molar-refractivity contribution in [3.63, 3.8) is 0 Å². The van der Waals surface area contributed by atoms with Gasteiger partial charge in [-0.25, -0.2) is 14.4 Å². The molecule has 3 aromatic heterocycles. The Morgan fingerprint density at radius 2 is 1.96 bits per heavy atom. The van der Waals surface area contributed by atoms with Crippen LogP contribution >= 0.6 is 34.4 Å². The zero-order valence-corrected chi connectivity index (χ0v) is 14.6. The third-order valence-electron chi connectivity index (χ3n) is 3.31. The summed E-state index contributed by atoms with van der Waals surface area (Å²) in [6, 6.07) is 8.06. The first-order valence-electron chi connectivity index (χ1n) is 7.00. The Labute approximate surface area is 148 Å². The van der Waals surface area contributed by atoms with E-state index in [0.717, 1.165) is 21.1 Å². The van der Waals surface area contributed by atoms with Crippen LogP contribution < -0.4 is 5.56 Å². The Balaban J connectivity index is 1.51. The number of halogens is 1. The van der Waals surface area contributed by atoms with Crippen LogP contribution in [0.4, 0.5) is 4.39 Å². The van der Waals surface area contributed by atoms with Gasteiger partial charge in [-0.2, -0.15) is 0 Å². The lowest BCUT2D eigenvalue weighted by molar-refractivity contribution is 0.628. The second kappa shape index (κ2) is 6.46. The Kier molecular flexibility index (Phi) is 4.17. The molecule has 4 rings (SSSR count). The van der Waals surface area contributed by atoms with Crippen molar-refractivity contribution in [3.05, 3.63) is 63.0 Å². The van der Waals surface area contributed by atoms with Gasteiger partial charge in [-0.15, -0.1) is 22.7 Å². The third-order valence-corrected chi connectivity index (χ3v) is 5.97. The standard InChI is InChI=1S/C16H10FN3OS3/c17-10-3-1-9(2-4-10)14-18-11(7-23-14)8-24-16-19-13(21)12-5-6-22-15(12)20-16/h1-7H,8H2,(H,19,20,21). The first-order valence-corrected chi connectivity index (χ1v) is 9.74. The Morgan fingerprint density at radius 3 is 2.79 bits per heavy atom. The molecule has 0 unspecified atom stereocenters. The van der Waals surface area contributed by atoms with Crippen molar-refractivity contribution in [2.24, 2.45) is 0 Å². The quantitative estimate of drug-likeness (QED) is 0.420. The summed E-state index contributed by atoms with van der Waals surface area (Å²) in [7, 11) is 0.